The summed E-state index contributed by atoms with van der Waals surface area (Å²) in [6, 6.07) is 0. The Morgan fingerprint density at radius 2 is 2.00 bits per heavy atom. The molecule has 5 nitrogen and oxygen atoms in total. The number of aliphatic hydroxyl groups excluding tert-OH is 1. The van der Waals surface area contributed by atoms with Crippen LogP contribution in [0.5, 0.6) is 0 Å². The molecule has 0 aromatic carbocycles. The third kappa shape index (κ3) is 4.36. The Morgan fingerprint density at radius 3 is 2.67 bits per heavy atom. The van der Waals surface area contributed by atoms with Crippen LogP contribution in [0.2, 0.25) is 0 Å². The first kappa shape index (κ1) is 20.2. The molecular formula is C18H34IN3O2. The van der Waals surface area contributed by atoms with Gasteiger partial charge in [0.25, 0.3) is 0 Å². The average molecular weight is 451 g/mol. The number of guanidine groups is 1. The second-order valence-corrected chi connectivity index (χ2v) is 8.10. The zero-order chi connectivity index (χ0) is 16.3. The molecular weight excluding hydrogens is 417 g/mol. The Balaban J connectivity index is 0.00000208. The number of halogens is 1. The minimum atomic E-state index is -0.192. The molecule has 2 aliphatic heterocycles. The highest BCUT2D eigenvalue weighted by molar-refractivity contribution is 14.0. The molecule has 6 heteroatoms. The van der Waals surface area contributed by atoms with Gasteiger partial charge in [-0.3, -0.25) is 4.99 Å². The third-order valence-electron chi connectivity index (χ3n) is 6.43. The van der Waals surface area contributed by atoms with Gasteiger partial charge < -0.3 is 20.1 Å². The van der Waals surface area contributed by atoms with Crippen LogP contribution in [0, 0.1) is 10.8 Å². The van der Waals surface area contributed by atoms with E-state index in [9.17, 15) is 5.11 Å². The van der Waals surface area contributed by atoms with Gasteiger partial charge in [-0.1, -0.05) is 19.8 Å². The maximum absolute atomic E-state index is 10.4. The highest BCUT2D eigenvalue weighted by Gasteiger charge is 2.41. The molecule has 1 spiro atoms. The fourth-order valence-corrected chi connectivity index (χ4v) is 4.53. The summed E-state index contributed by atoms with van der Waals surface area (Å²) < 4.78 is 5.54. The number of nitrogens with zero attached hydrogens (tertiary/aromatic N) is 2. The molecule has 2 heterocycles. The van der Waals surface area contributed by atoms with E-state index >= 15 is 0 Å². The molecule has 24 heavy (non-hydrogen) atoms. The van der Waals surface area contributed by atoms with Crippen LogP contribution in [0.25, 0.3) is 0 Å². The predicted octanol–water partition coefficient (Wildman–Crippen LogP) is 2.62. The lowest BCUT2D eigenvalue weighted by Gasteiger charge is -2.39. The quantitative estimate of drug-likeness (QED) is 0.385. The largest absolute Gasteiger partial charge is 0.392 e. The van der Waals surface area contributed by atoms with E-state index in [1.807, 2.05) is 7.05 Å². The summed E-state index contributed by atoms with van der Waals surface area (Å²) in [6.07, 6.45) is 7.82. The number of nitrogens with one attached hydrogen (secondary N) is 1. The van der Waals surface area contributed by atoms with Gasteiger partial charge in [0.1, 0.15) is 0 Å². The van der Waals surface area contributed by atoms with E-state index < -0.39 is 0 Å². The number of hydrogen-bond acceptors (Lipinski definition) is 3. The number of aliphatic imine (C=N–C) groups is 1. The highest BCUT2D eigenvalue weighted by atomic mass is 127. The molecule has 0 aromatic heterocycles. The van der Waals surface area contributed by atoms with Gasteiger partial charge in [0.2, 0.25) is 0 Å². The minimum absolute atomic E-state index is 0. The topological polar surface area (TPSA) is 57.1 Å². The maximum atomic E-state index is 10.4. The van der Waals surface area contributed by atoms with E-state index in [0.29, 0.717) is 5.41 Å². The van der Waals surface area contributed by atoms with Gasteiger partial charge in [-0.25, -0.2) is 0 Å². The van der Waals surface area contributed by atoms with Crippen molar-refractivity contribution in [3.63, 3.8) is 0 Å². The van der Waals surface area contributed by atoms with E-state index in [0.717, 1.165) is 58.1 Å². The third-order valence-corrected chi connectivity index (χ3v) is 6.43. The predicted molar refractivity (Wildman–Crippen MR) is 108 cm³/mol. The van der Waals surface area contributed by atoms with Crippen molar-refractivity contribution in [2.75, 3.05) is 39.9 Å². The summed E-state index contributed by atoms with van der Waals surface area (Å²) in [5.41, 5.74) is 0.411. The smallest absolute Gasteiger partial charge is 0.193 e. The van der Waals surface area contributed by atoms with Gasteiger partial charge in [0, 0.05) is 45.3 Å². The number of aliphatic hydroxyl groups is 1. The molecule has 0 radical (unpaired) electrons. The Morgan fingerprint density at radius 1 is 1.25 bits per heavy atom. The number of hydrogen-bond donors (Lipinski definition) is 2. The van der Waals surface area contributed by atoms with Crippen LogP contribution in [0.3, 0.4) is 0 Å². The van der Waals surface area contributed by atoms with Crippen molar-refractivity contribution in [2.24, 2.45) is 15.8 Å². The van der Waals surface area contributed by atoms with Gasteiger partial charge in [-0.2, -0.15) is 0 Å². The zero-order valence-corrected chi connectivity index (χ0v) is 17.6. The minimum Gasteiger partial charge on any atom is -0.392 e. The van der Waals surface area contributed by atoms with Gasteiger partial charge in [-0.15, -0.1) is 24.0 Å². The van der Waals surface area contributed by atoms with Gasteiger partial charge in [-0.05, 0) is 37.5 Å². The maximum Gasteiger partial charge on any atom is 0.193 e. The Bertz CT molecular complexity index is 440. The molecule has 3 aliphatic rings. The van der Waals surface area contributed by atoms with E-state index in [2.05, 4.69) is 22.1 Å². The lowest BCUT2D eigenvalue weighted by Crippen LogP contribution is -2.49. The molecule has 1 saturated carbocycles. The van der Waals surface area contributed by atoms with Crippen LogP contribution in [0.1, 0.15) is 51.9 Å². The van der Waals surface area contributed by atoms with Gasteiger partial charge >= 0.3 is 0 Å². The molecule has 2 saturated heterocycles. The lowest BCUT2D eigenvalue weighted by atomic mass is 9.73. The molecule has 140 valence electrons. The van der Waals surface area contributed by atoms with Crippen LogP contribution < -0.4 is 5.32 Å². The van der Waals surface area contributed by atoms with E-state index in [1.54, 1.807) is 0 Å². The zero-order valence-electron chi connectivity index (χ0n) is 15.2. The van der Waals surface area contributed by atoms with E-state index in [4.69, 9.17) is 4.74 Å². The molecule has 0 aromatic rings. The van der Waals surface area contributed by atoms with Crippen molar-refractivity contribution in [1.29, 1.82) is 0 Å². The summed E-state index contributed by atoms with van der Waals surface area (Å²) >= 11 is 0. The number of rotatable bonds is 2. The Kier molecular flexibility index (Phi) is 7.20. The monoisotopic (exact) mass is 451 g/mol. The normalized spacial score (nSPS) is 33.4. The first-order valence-corrected chi connectivity index (χ1v) is 9.28. The Hall–Kier alpha value is -0.0800. The first-order chi connectivity index (χ1) is 11.1. The van der Waals surface area contributed by atoms with Crippen LogP contribution >= 0.6 is 24.0 Å². The second-order valence-electron chi connectivity index (χ2n) is 8.10. The molecule has 0 amide bonds. The number of likely N-dealkylation sites (tertiary alicyclic amines) is 1. The van der Waals surface area contributed by atoms with Crippen molar-refractivity contribution in [3.05, 3.63) is 0 Å². The SMILES string of the molecule is CN=C(NCC1(C)CCCCC1O)N1CCC2(CCOCC2)C1.I. The van der Waals surface area contributed by atoms with Crippen LogP contribution in [-0.4, -0.2) is 62.0 Å². The lowest BCUT2D eigenvalue weighted by molar-refractivity contribution is 0.00347. The summed E-state index contributed by atoms with van der Waals surface area (Å²) in [5, 5.41) is 13.9. The molecule has 3 rings (SSSR count). The summed E-state index contributed by atoms with van der Waals surface area (Å²) in [7, 11) is 1.87. The molecule has 2 N–H and O–H groups in total. The van der Waals surface area contributed by atoms with Crippen LogP contribution in [0.15, 0.2) is 4.99 Å². The van der Waals surface area contributed by atoms with Crippen molar-refractivity contribution >= 4 is 29.9 Å². The fraction of sp³-hybridized carbons (Fsp3) is 0.944. The summed E-state index contributed by atoms with van der Waals surface area (Å²) in [4.78, 5) is 6.91. The van der Waals surface area contributed by atoms with Crippen molar-refractivity contribution in [3.8, 4) is 0 Å². The molecule has 2 unspecified atom stereocenters. The Labute approximate surface area is 163 Å². The molecule has 3 fully saturated rings. The highest BCUT2D eigenvalue weighted by Crippen LogP contribution is 2.40. The van der Waals surface area contributed by atoms with E-state index in [-0.39, 0.29) is 35.5 Å². The van der Waals surface area contributed by atoms with Crippen molar-refractivity contribution in [2.45, 2.75) is 58.0 Å². The van der Waals surface area contributed by atoms with Crippen LogP contribution in [0.4, 0.5) is 0 Å². The van der Waals surface area contributed by atoms with E-state index in [1.165, 1.54) is 25.7 Å². The molecule has 1 aliphatic carbocycles. The summed E-state index contributed by atoms with van der Waals surface area (Å²) in [6.45, 7) is 7.01. The molecule has 2 atom stereocenters. The van der Waals surface area contributed by atoms with Gasteiger partial charge in [0.15, 0.2) is 5.96 Å². The second kappa shape index (κ2) is 8.54. The molecule has 0 bridgehead atoms. The average Bonchev–Trinajstić information content (AvgIpc) is 2.95. The van der Waals surface area contributed by atoms with Crippen molar-refractivity contribution < 1.29 is 9.84 Å². The summed E-state index contributed by atoms with van der Waals surface area (Å²) in [5.74, 6) is 1.01. The fourth-order valence-electron chi connectivity index (χ4n) is 4.53. The van der Waals surface area contributed by atoms with Gasteiger partial charge in [0.05, 0.1) is 6.10 Å². The first-order valence-electron chi connectivity index (χ1n) is 9.28. The number of ether oxygens (including phenoxy) is 1. The standard InChI is InChI=1S/C18H33N3O2.HI/c1-17(6-4-3-5-15(17)22)13-20-16(19-2)21-10-7-18(14-21)8-11-23-12-9-18;/h15,22H,3-14H2,1-2H3,(H,19,20);1H. The van der Waals surface area contributed by atoms with Crippen molar-refractivity contribution in [1.82, 2.24) is 10.2 Å². The van der Waals surface area contributed by atoms with Crippen LogP contribution in [-0.2, 0) is 4.74 Å².